The van der Waals surface area contributed by atoms with E-state index in [4.69, 9.17) is 0 Å². The second-order valence-corrected chi connectivity index (χ2v) is 4.82. The number of anilines is 2. The smallest absolute Gasteiger partial charge is 0.224 e. The molecule has 94 valence electrons. The van der Waals surface area contributed by atoms with Gasteiger partial charge < -0.3 is 10.2 Å². The van der Waals surface area contributed by atoms with E-state index in [2.05, 4.69) is 41.0 Å². The second kappa shape index (κ2) is 5.34. The molecule has 1 aromatic heterocycles. The largest absolute Gasteiger partial charge is 0.354 e. The number of hydrogen-bond acceptors (Lipinski definition) is 4. The van der Waals surface area contributed by atoms with E-state index >= 15 is 0 Å². The first-order chi connectivity index (χ1) is 8.22. The molecule has 1 N–H and O–H groups in total. The highest BCUT2D eigenvalue weighted by Crippen LogP contribution is 2.27. The van der Waals surface area contributed by atoms with Crippen LogP contribution in [0.25, 0.3) is 0 Å². The maximum absolute atomic E-state index is 4.57. The van der Waals surface area contributed by atoms with Gasteiger partial charge in [0.05, 0.1) is 0 Å². The number of nitrogens with zero attached hydrogens (tertiary/aromatic N) is 3. The first kappa shape index (κ1) is 12.1. The molecule has 1 aliphatic heterocycles. The maximum Gasteiger partial charge on any atom is 0.224 e. The summed E-state index contributed by atoms with van der Waals surface area (Å²) >= 11 is 0. The Morgan fingerprint density at radius 2 is 2.29 bits per heavy atom. The van der Waals surface area contributed by atoms with Crippen LogP contribution in [0, 0.1) is 5.92 Å². The predicted molar refractivity (Wildman–Crippen MR) is 71.4 cm³/mol. The van der Waals surface area contributed by atoms with Crippen molar-refractivity contribution in [3.05, 3.63) is 12.3 Å². The van der Waals surface area contributed by atoms with Crippen LogP contribution < -0.4 is 10.2 Å². The Balaban J connectivity index is 2.17. The number of piperidine rings is 1. The highest BCUT2D eigenvalue weighted by Gasteiger charge is 2.25. The molecule has 0 spiro atoms. The Labute approximate surface area is 103 Å². The number of aromatic nitrogens is 2. The van der Waals surface area contributed by atoms with Gasteiger partial charge in [0.2, 0.25) is 5.95 Å². The summed E-state index contributed by atoms with van der Waals surface area (Å²) in [6.07, 6.45) is 4.42. The average molecular weight is 234 g/mol. The maximum atomic E-state index is 4.57. The van der Waals surface area contributed by atoms with Gasteiger partial charge >= 0.3 is 0 Å². The first-order valence-corrected chi connectivity index (χ1v) is 6.56. The molecule has 0 saturated carbocycles. The summed E-state index contributed by atoms with van der Waals surface area (Å²) in [5.74, 6) is 2.52. The molecule has 1 aromatic rings. The first-order valence-electron chi connectivity index (χ1n) is 6.56. The van der Waals surface area contributed by atoms with Crippen LogP contribution in [0.2, 0.25) is 0 Å². The van der Waals surface area contributed by atoms with Crippen molar-refractivity contribution in [1.82, 2.24) is 9.97 Å². The molecule has 1 fully saturated rings. The zero-order valence-electron chi connectivity index (χ0n) is 11.0. The lowest BCUT2D eigenvalue weighted by Crippen LogP contribution is -2.43. The zero-order valence-corrected chi connectivity index (χ0v) is 11.0. The molecule has 4 heteroatoms. The topological polar surface area (TPSA) is 41.1 Å². The predicted octanol–water partition coefficient (Wildman–Crippen LogP) is 2.53. The molecular formula is C13H22N4. The van der Waals surface area contributed by atoms with Crippen molar-refractivity contribution < 1.29 is 0 Å². The summed E-state index contributed by atoms with van der Waals surface area (Å²) in [6, 6.07) is 2.57. The van der Waals surface area contributed by atoms with Gasteiger partial charge in [-0.1, -0.05) is 6.92 Å². The number of rotatable bonds is 3. The van der Waals surface area contributed by atoms with Crippen LogP contribution in [-0.4, -0.2) is 29.1 Å². The monoisotopic (exact) mass is 234 g/mol. The second-order valence-electron chi connectivity index (χ2n) is 4.82. The molecule has 4 nitrogen and oxygen atoms in total. The molecule has 2 rings (SSSR count). The third-order valence-corrected chi connectivity index (χ3v) is 3.64. The van der Waals surface area contributed by atoms with E-state index in [1.54, 1.807) is 0 Å². The van der Waals surface area contributed by atoms with E-state index in [9.17, 15) is 0 Å². The minimum absolute atomic E-state index is 0.563. The molecule has 2 unspecified atom stereocenters. The quantitative estimate of drug-likeness (QED) is 0.872. The van der Waals surface area contributed by atoms with E-state index in [1.807, 2.05) is 12.3 Å². The Kier molecular flexibility index (Phi) is 3.82. The number of nitrogens with one attached hydrogen (secondary N) is 1. The Bertz CT molecular complexity index is 366. The van der Waals surface area contributed by atoms with Crippen molar-refractivity contribution in [2.45, 2.75) is 39.7 Å². The molecule has 1 aliphatic rings. The van der Waals surface area contributed by atoms with Gasteiger partial charge in [-0.15, -0.1) is 0 Å². The third-order valence-electron chi connectivity index (χ3n) is 3.64. The number of hydrogen-bond donors (Lipinski definition) is 1. The van der Waals surface area contributed by atoms with Gasteiger partial charge in [0, 0.05) is 25.3 Å². The van der Waals surface area contributed by atoms with E-state index in [0.717, 1.165) is 30.8 Å². The molecule has 0 aliphatic carbocycles. The van der Waals surface area contributed by atoms with Crippen molar-refractivity contribution in [2.75, 3.05) is 23.3 Å². The van der Waals surface area contributed by atoms with Gasteiger partial charge in [-0.2, -0.15) is 4.98 Å². The van der Waals surface area contributed by atoms with Crippen molar-refractivity contribution >= 4 is 11.8 Å². The van der Waals surface area contributed by atoms with Crippen LogP contribution in [0.15, 0.2) is 12.3 Å². The van der Waals surface area contributed by atoms with Gasteiger partial charge in [-0.05, 0) is 38.7 Å². The molecule has 0 radical (unpaired) electrons. The van der Waals surface area contributed by atoms with Crippen LogP contribution in [0.5, 0.6) is 0 Å². The van der Waals surface area contributed by atoms with Crippen molar-refractivity contribution in [3.63, 3.8) is 0 Å². The van der Waals surface area contributed by atoms with Gasteiger partial charge in [0.15, 0.2) is 0 Å². The van der Waals surface area contributed by atoms with E-state index in [-0.39, 0.29) is 0 Å². The fourth-order valence-electron chi connectivity index (χ4n) is 2.41. The van der Waals surface area contributed by atoms with Crippen LogP contribution >= 0.6 is 0 Å². The van der Waals surface area contributed by atoms with Crippen molar-refractivity contribution in [3.8, 4) is 0 Å². The summed E-state index contributed by atoms with van der Waals surface area (Å²) in [6.45, 7) is 8.63. The molecule has 0 amide bonds. The summed E-state index contributed by atoms with van der Waals surface area (Å²) in [5.41, 5.74) is 0. The normalized spacial score (nSPS) is 24.8. The Hall–Kier alpha value is -1.32. The lowest BCUT2D eigenvalue weighted by atomic mass is 9.92. The van der Waals surface area contributed by atoms with Crippen LogP contribution in [0.1, 0.15) is 33.6 Å². The Morgan fingerprint density at radius 3 is 3.06 bits per heavy atom. The zero-order chi connectivity index (χ0) is 12.3. The van der Waals surface area contributed by atoms with Crippen molar-refractivity contribution in [2.24, 2.45) is 5.92 Å². The van der Waals surface area contributed by atoms with Gasteiger partial charge in [0.25, 0.3) is 0 Å². The molecule has 2 atom stereocenters. The highest BCUT2D eigenvalue weighted by molar-refractivity contribution is 5.43. The molecular weight excluding hydrogens is 212 g/mol. The highest BCUT2D eigenvalue weighted by atomic mass is 15.2. The molecule has 0 aromatic carbocycles. The van der Waals surface area contributed by atoms with Crippen LogP contribution in [0.4, 0.5) is 11.8 Å². The summed E-state index contributed by atoms with van der Waals surface area (Å²) in [4.78, 5) is 11.2. The molecule has 1 saturated heterocycles. The van der Waals surface area contributed by atoms with E-state index in [0.29, 0.717) is 6.04 Å². The lowest BCUT2D eigenvalue weighted by molar-refractivity contribution is 0.361. The summed E-state index contributed by atoms with van der Waals surface area (Å²) in [7, 11) is 0. The fourth-order valence-corrected chi connectivity index (χ4v) is 2.41. The molecule has 17 heavy (non-hydrogen) atoms. The van der Waals surface area contributed by atoms with Gasteiger partial charge in [-0.25, -0.2) is 4.98 Å². The van der Waals surface area contributed by atoms with E-state index in [1.165, 1.54) is 12.8 Å². The van der Waals surface area contributed by atoms with E-state index < -0.39 is 0 Å². The summed E-state index contributed by atoms with van der Waals surface area (Å²) in [5, 5.41) is 3.16. The van der Waals surface area contributed by atoms with Crippen LogP contribution in [0.3, 0.4) is 0 Å². The molecule has 2 heterocycles. The van der Waals surface area contributed by atoms with Gasteiger partial charge in [-0.3, -0.25) is 0 Å². The Morgan fingerprint density at radius 1 is 1.47 bits per heavy atom. The standard InChI is InChI=1S/C13H22N4/c1-4-14-13-15-8-7-12(16-13)17-9-5-6-10(2)11(17)3/h7-8,10-11H,4-6,9H2,1-3H3,(H,14,15,16). The minimum Gasteiger partial charge on any atom is -0.354 e. The van der Waals surface area contributed by atoms with Crippen LogP contribution in [-0.2, 0) is 0 Å². The van der Waals surface area contributed by atoms with Crippen molar-refractivity contribution in [1.29, 1.82) is 0 Å². The average Bonchev–Trinajstić information content (AvgIpc) is 2.33. The fraction of sp³-hybridized carbons (Fsp3) is 0.692. The van der Waals surface area contributed by atoms with Gasteiger partial charge in [0.1, 0.15) is 5.82 Å². The lowest BCUT2D eigenvalue weighted by Gasteiger charge is -2.38. The summed E-state index contributed by atoms with van der Waals surface area (Å²) < 4.78 is 0. The third kappa shape index (κ3) is 2.68. The SMILES string of the molecule is CCNc1nccc(N2CCCC(C)C2C)n1. The molecule has 0 bridgehead atoms. The minimum atomic E-state index is 0.563.